The number of β-amino-alcohol motifs (C(OH)–C–C–N with tert-alkyl or cyclic N) is 1. The van der Waals surface area contributed by atoms with Crippen molar-refractivity contribution in [2.24, 2.45) is 0 Å². The molecule has 7 heteroatoms. The molecule has 0 amide bonds. The van der Waals surface area contributed by atoms with Crippen LogP contribution < -0.4 is 4.74 Å². The van der Waals surface area contributed by atoms with Crippen molar-refractivity contribution < 1.29 is 29.6 Å². The first-order valence-corrected chi connectivity index (χ1v) is 10.3. The first-order chi connectivity index (χ1) is 14.7. The molecule has 0 spiro atoms. The Kier molecular flexibility index (Phi) is 9.03. The van der Waals surface area contributed by atoms with Crippen LogP contribution in [0.3, 0.4) is 0 Å². The molecule has 1 heterocycles. The van der Waals surface area contributed by atoms with E-state index in [4.69, 9.17) is 24.5 Å². The number of rotatable bonds is 6. The number of nitrogens with zero attached hydrogens (tertiary/aromatic N) is 1. The Morgan fingerprint density at radius 2 is 1.71 bits per heavy atom. The topological polar surface area (TPSA) is 107 Å². The molecule has 2 aromatic carbocycles. The van der Waals surface area contributed by atoms with Gasteiger partial charge in [0.2, 0.25) is 0 Å². The van der Waals surface area contributed by atoms with Crippen LogP contribution in [0.2, 0.25) is 0 Å². The normalized spacial score (nSPS) is 14.2. The van der Waals surface area contributed by atoms with Crippen molar-refractivity contribution in [3.63, 3.8) is 0 Å². The minimum Gasteiger partial charge on any atom is -0.491 e. The average molecular weight is 430 g/mol. The van der Waals surface area contributed by atoms with Crippen LogP contribution in [0.5, 0.6) is 5.75 Å². The van der Waals surface area contributed by atoms with Gasteiger partial charge in [-0.25, -0.2) is 9.59 Å². The SMILES string of the molecule is Cc1ccc(C(C)C)c(OCC(O)CN2CCc3ccccc3C2)c1.O=C(O)C(=O)O. The summed E-state index contributed by atoms with van der Waals surface area (Å²) in [4.78, 5) is 20.5. The maximum atomic E-state index is 10.4. The summed E-state index contributed by atoms with van der Waals surface area (Å²) in [5, 5.41) is 25.2. The van der Waals surface area contributed by atoms with Crippen molar-refractivity contribution in [3.05, 3.63) is 64.7 Å². The van der Waals surface area contributed by atoms with Gasteiger partial charge in [-0.2, -0.15) is 0 Å². The van der Waals surface area contributed by atoms with E-state index in [-0.39, 0.29) is 0 Å². The number of carboxylic acid groups (broad SMARTS) is 2. The summed E-state index contributed by atoms with van der Waals surface area (Å²) in [7, 11) is 0. The van der Waals surface area contributed by atoms with Crippen LogP contribution in [0.4, 0.5) is 0 Å². The fourth-order valence-corrected chi connectivity index (χ4v) is 3.49. The van der Waals surface area contributed by atoms with E-state index >= 15 is 0 Å². The Morgan fingerprint density at radius 1 is 1.06 bits per heavy atom. The third-order valence-corrected chi connectivity index (χ3v) is 5.08. The lowest BCUT2D eigenvalue weighted by Crippen LogP contribution is -2.38. The maximum Gasteiger partial charge on any atom is 0.414 e. The zero-order chi connectivity index (χ0) is 23.0. The van der Waals surface area contributed by atoms with Crippen LogP contribution in [0.15, 0.2) is 42.5 Å². The number of benzene rings is 2. The van der Waals surface area contributed by atoms with E-state index in [1.165, 1.54) is 22.3 Å². The number of hydrogen-bond acceptors (Lipinski definition) is 5. The van der Waals surface area contributed by atoms with Crippen LogP contribution in [-0.2, 0) is 22.6 Å². The first kappa shape index (κ1) is 24.4. The number of aliphatic carboxylic acids is 2. The highest BCUT2D eigenvalue weighted by atomic mass is 16.5. The van der Waals surface area contributed by atoms with Crippen molar-refractivity contribution >= 4 is 11.9 Å². The summed E-state index contributed by atoms with van der Waals surface area (Å²) in [6.07, 6.45) is 0.574. The van der Waals surface area contributed by atoms with Crippen molar-refractivity contribution in [2.75, 3.05) is 19.7 Å². The first-order valence-electron chi connectivity index (χ1n) is 10.3. The van der Waals surface area contributed by atoms with E-state index in [1.807, 2.05) is 0 Å². The van der Waals surface area contributed by atoms with Crippen LogP contribution in [-0.4, -0.2) is 58.0 Å². The standard InChI is InChI=1S/C22H29NO2.C2H2O4/c1-16(2)21-9-8-17(3)12-22(21)25-15-20(24)14-23-11-10-18-6-4-5-7-19(18)13-23;3-1(4)2(5)6/h4-9,12,16,20,24H,10-11,13-15H2,1-3H3;(H,3,4)(H,5,6). The Hall–Kier alpha value is -2.90. The van der Waals surface area contributed by atoms with Gasteiger partial charge in [0.05, 0.1) is 0 Å². The summed E-state index contributed by atoms with van der Waals surface area (Å²) in [5.74, 6) is -2.34. The lowest BCUT2D eigenvalue weighted by Gasteiger charge is -2.30. The number of aliphatic hydroxyl groups excluding tert-OH is 1. The van der Waals surface area contributed by atoms with Gasteiger partial charge < -0.3 is 20.1 Å². The van der Waals surface area contributed by atoms with Gasteiger partial charge in [-0.3, -0.25) is 4.90 Å². The molecule has 0 radical (unpaired) electrons. The van der Waals surface area contributed by atoms with Gasteiger partial charge in [-0.05, 0) is 47.6 Å². The van der Waals surface area contributed by atoms with Gasteiger partial charge in [0.15, 0.2) is 0 Å². The van der Waals surface area contributed by atoms with Gasteiger partial charge in [-0.1, -0.05) is 50.2 Å². The molecule has 7 nitrogen and oxygen atoms in total. The lowest BCUT2D eigenvalue weighted by atomic mass is 10.00. The zero-order valence-corrected chi connectivity index (χ0v) is 18.2. The van der Waals surface area contributed by atoms with Gasteiger partial charge in [0.25, 0.3) is 0 Å². The molecule has 0 saturated heterocycles. The molecule has 0 saturated carbocycles. The molecule has 31 heavy (non-hydrogen) atoms. The molecule has 0 aliphatic carbocycles. The molecule has 1 atom stereocenters. The largest absolute Gasteiger partial charge is 0.491 e. The summed E-state index contributed by atoms with van der Waals surface area (Å²) >= 11 is 0. The maximum absolute atomic E-state index is 10.4. The number of carbonyl (C=O) groups is 2. The Morgan fingerprint density at radius 3 is 2.32 bits per heavy atom. The number of carboxylic acids is 2. The van der Waals surface area contributed by atoms with E-state index in [2.05, 4.69) is 68.1 Å². The van der Waals surface area contributed by atoms with E-state index in [9.17, 15) is 5.11 Å². The lowest BCUT2D eigenvalue weighted by molar-refractivity contribution is -0.159. The molecular weight excluding hydrogens is 398 g/mol. The highest BCUT2D eigenvalue weighted by Crippen LogP contribution is 2.27. The second kappa shape index (κ2) is 11.5. The number of aliphatic hydroxyl groups is 1. The van der Waals surface area contributed by atoms with Crippen LogP contribution in [0.1, 0.15) is 42.0 Å². The van der Waals surface area contributed by atoms with Crippen LogP contribution in [0, 0.1) is 6.92 Å². The predicted octanol–water partition coefficient (Wildman–Crippen LogP) is 3.07. The Labute approximate surface area is 182 Å². The molecule has 1 aliphatic rings. The summed E-state index contributed by atoms with van der Waals surface area (Å²) in [6.45, 7) is 9.29. The second-order valence-electron chi connectivity index (χ2n) is 8.02. The van der Waals surface area contributed by atoms with E-state index in [1.54, 1.807) is 0 Å². The number of fused-ring (bicyclic) bond motifs is 1. The second-order valence-corrected chi connectivity index (χ2v) is 8.02. The number of aryl methyl sites for hydroxylation is 1. The molecule has 1 unspecified atom stereocenters. The summed E-state index contributed by atoms with van der Waals surface area (Å²) in [5.41, 5.74) is 5.19. The molecule has 0 fully saturated rings. The minimum atomic E-state index is -1.82. The predicted molar refractivity (Wildman–Crippen MR) is 117 cm³/mol. The molecule has 0 bridgehead atoms. The fraction of sp³-hybridized carbons (Fsp3) is 0.417. The molecule has 1 aliphatic heterocycles. The highest BCUT2D eigenvalue weighted by molar-refractivity contribution is 6.27. The third kappa shape index (κ3) is 7.70. The van der Waals surface area contributed by atoms with Crippen molar-refractivity contribution in [1.82, 2.24) is 4.90 Å². The van der Waals surface area contributed by atoms with E-state index < -0.39 is 18.0 Å². The molecule has 168 valence electrons. The quantitative estimate of drug-likeness (QED) is 0.606. The number of hydrogen-bond donors (Lipinski definition) is 3. The van der Waals surface area contributed by atoms with Crippen molar-refractivity contribution in [1.29, 1.82) is 0 Å². The van der Waals surface area contributed by atoms with Gasteiger partial charge in [-0.15, -0.1) is 0 Å². The minimum absolute atomic E-state index is 0.335. The molecule has 3 N–H and O–H groups in total. The van der Waals surface area contributed by atoms with Gasteiger partial charge >= 0.3 is 11.9 Å². The van der Waals surface area contributed by atoms with Gasteiger partial charge in [0.1, 0.15) is 18.5 Å². The van der Waals surface area contributed by atoms with E-state index in [0.717, 1.165) is 25.3 Å². The molecule has 0 aromatic heterocycles. The zero-order valence-electron chi connectivity index (χ0n) is 18.2. The Balaban J connectivity index is 0.000000501. The third-order valence-electron chi connectivity index (χ3n) is 5.08. The molecule has 3 rings (SSSR count). The monoisotopic (exact) mass is 429 g/mol. The van der Waals surface area contributed by atoms with Crippen molar-refractivity contribution in [3.8, 4) is 5.75 Å². The van der Waals surface area contributed by atoms with Gasteiger partial charge in [0, 0.05) is 19.6 Å². The summed E-state index contributed by atoms with van der Waals surface area (Å²) in [6, 6.07) is 14.9. The van der Waals surface area contributed by atoms with E-state index in [0.29, 0.717) is 19.1 Å². The smallest absolute Gasteiger partial charge is 0.414 e. The summed E-state index contributed by atoms with van der Waals surface area (Å²) < 4.78 is 5.98. The van der Waals surface area contributed by atoms with Crippen LogP contribution >= 0.6 is 0 Å². The highest BCUT2D eigenvalue weighted by Gasteiger charge is 2.19. The fourth-order valence-electron chi connectivity index (χ4n) is 3.49. The number of ether oxygens (including phenoxy) is 1. The van der Waals surface area contributed by atoms with Crippen LogP contribution in [0.25, 0.3) is 0 Å². The molecule has 2 aromatic rings. The molecular formula is C24H31NO6. The average Bonchev–Trinajstić information content (AvgIpc) is 2.72. The Bertz CT molecular complexity index is 883. The van der Waals surface area contributed by atoms with Crippen molar-refractivity contribution in [2.45, 2.75) is 45.8 Å².